The molecule has 1 atom stereocenters. The molecule has 0 aliphatic rings. The van der Waals surface area contributed by atoms with Crippen LogP contribution in [-0.2, 0) is 11.2 Å². The summed E-state index contributed by atoms with van der Waals surface area (Å²) in [6.07, 6.45) is 2.04. The molecule has 0 saturated carbocycles. The molecule has 0 spiro atoms. The van der Waals surface area contributed by atoms with Crippen LogP contribution in [0.1, 0.15) is 31.9 Å². The number of ether oxygens (including phenoxy) is 1. The Bertz CT molecular complexity index is 927. The van der Waals surface area contributed by atoms with Crippen molar-refractivity contribution in [2.24, 2.45) is 0 Å². The number of benzene rings is 1. The molecular weight excluding hydrogens is 412 g/mol. The molecule has 0 aliphatic carbocycles. The monoisotopic (exact) mass is 442 g/mol. The molecule has 3 N–H and O–H groups in total. The number of nitrogens with two attached hydrogens (primary N) is 1. The highest BCUT2D eigenvalue weighted by Gasteiger charge is 2.19. The van der Waals surface area contributed by atoms with Crippen LogP contribution in [0.15, 0.2) is 29.3 Å². The average Bonchev–Trinajstić information content (AvgIpc) is 2.76. The number of likely N-dealkylation sites (N-methyl/N-ethyl adjacent to an activating group) is 1. The number of rotatable bonds is 12. The number of aromatic nitrogens is 2. The number of nitrogens with one attached hydrogen (secondary N) is 1. The maximum atomic E-state index is 12.8. The Labute approximate surface area is 188 Å². The van der Waals surface area contributed by atoms with E-state index in [0.717, 1.165) is 30.9 Å². The Kier molecular flexibility index (Phi) is 9.56. The third-order valence-corrected chi connectivity index (χ3v) is 5.56. The molecule has 0 radical (unpaired) electrons. The van der Waals surface area contributed by atoms with E-state index in [1.807, 2.05) is 24.3 Å². The lowest BCUT2D eigenvalue weighted by molar-refractivity contribution is -0.118. The molecule has 1 heterocycles. The highest BCUT2D eigenvalue weighted by atomic mass is 32.2. The van der Waals surface area contributed by atoms with Gasteiger partial charge in [0.2, 0.25) is 5.95 Å². The number of carbonyl (C=O) groups excluding carboxylic acids is 1. The molecule has 0 bridgehead atoms. The highest BCUT2D eigenvalue weighted by molar-refractivity contribution is 7.98. The average molecular weight is 443 g/mol. The molecule has 0 amide bonds. The minimum absolute atomic E-state index is 0.0351. The third kappa shape index (κ3) is 7.12. The molecule has 8 nitrogen and oxygen atoms in total. The van der Waals surface area contributed by atoms with Crippen molar-refractivity contribution in [2.45, 2.75) is 38.3 Å². The van der Waals surface area contributed by atoms with E-state index >= 15 is 0 Å². The molecule has 9 heteroatoms. The molecule has 1 aromatic carbocycles. The van der Waals surface area contributed by atoms with Gasteiger partial charge in [0.25, 0.3) is 0 Å². The van der Waals surface area contributed by atoms with Crippen LogP contribution >= 0.6 is 11.8 Å². The summed E-state index contributed by atoms with van der Waals surface area (Å²) in [5.41, 5.74) is 6.89. The first kappa shape index (κ1) is 24.4. The molecule has 1 aromatic heterocycles. The van der Waals surface area contributed by atoms with Crippen molar-refractivity contribution >= 4 is 29.3 Å². The van der Waals surface area contributed by atoms with Crippen LogP contribution in [0.25, 0.3) is 0 Å². The van der Waals surface area contributed by atoms with E-state index in [1.54, 1.807) is 13.2 Å². The predicted molar refractivity (Wildman–Crippen MR) is 124 cm³/mol. The van der Waals surface area contributed by atoms with Crippen molar-refractivity contribution in [3.63, 3.8) is 0 Å². The van der Waals surface area contributed by atoms with Gasteiger partial charge in [-0.3, -0.25) is 4.79 Å². The number of Topliss-reactive ketones (excluding diaryl/α,β-unsaturated/α-hetero) is 1. The number of nitrogen functional groups attached to an aromatic ring is 1. The van der Waals surface area contributed by atoms with Crippen LogP contribution in [-0.4, -0.2) is 59.2 Å². The molecule has 2 aromatic rings. The van der Waals surface area contributed by atoms with E-state index in [1.165, 1.54) is 11.8 Å². The number of nitrogens with zero attached hydrogens (tertiary/aromatic N) is 4. The van der Waals surface area contributed by atoms with Crippen LogP contribution in [0.5, 0.6) is 5.75 Å². The van der Waals surface area contributed by atoms with Gasteiger partial charge in [-0.25, -0.2) is 4.98 Å². The van der Waals surface area contributed by atoms with E-state index in [9.17, 15) is 10.1 Å². The van der Waals surface area contributed by atoms with E-state index in [2.05, 4.69) is 40.1 Å². The molecule has 0 saturated heterocycles. The SMILES string of the molecule is CCN(CC)CCOc1cccc(CC(=O)[C@H](C)Nc2nc(N)nc(SC)c2C#N)c1. The summed E-state index contributed by atoms with van der Waals surface area (Å²) < 4.78 is 5.85. The maximum absolute atomic E-state index is 12.8. The first-order valence-corrected chi connectivity index (χ1v) is 11.5. The zero-order valence-electron chi connectivity index (χ0n) is 18.5. The summed E-state index contributed by atoms with van der Waals surface area (Å²) in [6.45, 7) is 9.43. The van der Waals surface area contributed by atoms with Gasteiger partial charge >= 0.3 is 0 Å². The number of carbonyl (C=O) groups is 1. The summed E-state index contributed by atoms with van der Waals surface area (Å²) in [6, 6.07) is 9.10. The van der Waals surface area contributed by atoms with Gasteiger partial charge in [-0.05, 0) is 44.0 Å². The van der Waals surface area contributed by atoms with Crippen molar-refractivity contribution in [3.8, 4) is 11.8 Å². The van der Waals surface area contributed by atoms with Crippen LogP contribution in [0.3, 0.4) is 0 Å². The molecular formula is C22H30N6O2S. The quantitative estimate of drug-likeness (QED) is 0.378. The zero-order valence-corrected chi connectivity index (χ0v) is 19.3. The fourth-order valence-electron chi connectivity index (χ4n) is 3.03. The summed E-state index contributed by atoms with van der Waals surface area (Å²) >= 11 is 1.30. The summed E-state index contributed by atoms with van der Waals surface area (Å²) in [4.78, 5) is 23.2. The van der Waals surface area contributed by atoms with E-state index in [-0.39, 0.29) is 29.5 Å². The lowest BCUT2D eigenvalue weighted by Crippen LogP contribution is -2.29. The first-order chi connectivity index (χ1) is 14.9. The van der Waals surface area contributed by atoms with Crippen molar-refractivity contribution in [1.82, 2.24) is 14.9 Å². The maximum Gasteiger partial charge on any atom is 0.223 e. The van der Waals surface area contributed by atoms with Gasteiger partial charge in [-0.15, -0.1) is 11.8 Å². The number of ketones is 1. The van der Waals surface area contributed by atoms with Crippen LogP contribution in [0, 0.1) is 11.3 Å². The van der Waals surface area contributed by atoms with Gasteiger partial charge in [-0.2, -0.15) is 10.2 Å². The molecule has 0 aliphatic heterocycles. The standard InChI is InChI=1S/C22H30N6O2S/c1-5-28(6-2)10-11-30-17-9-7-8-16(12-17)13-19(29)15(3)25-20-18(14-23)21(31-4)27-22(24)26-20/h7-9,12,15H,5-6,10-11,13H2,1-4H3,(H3,24,25,26,27)/t15-/m0/s1. The Morgan fingerprint density at radius 1 is 1.35 bits per heavy atom. The molecule has 0 unspecified atom stereocenters. The van der Waals surface area contributed by atoms with Gasteiger partial charge in [0.15, 0.2) is 11.6 Å². The van der Waals surface area contributed by atoms with Gasteiger partial charge in [0.05, 0.1) is 6.04 Å². The number of hydrogen-bond donors (Lipinski definition) is 2. The van der Waals surface area contributed by atoms with Gasteiger partial charge in [0.1, 0.15) is 29.0 Å². The second-order valence-corrected chi connectivity index (χ2v) is 7.75. The minimum atomic E-state index is -0.552. The highest BCUT2D eigenvalue weighted by Crippen LogP contribution is 2.25. The normalized spacial score (nSPS) is 11.7. The Balaban J connectivity index is 2.01. The zero-order chi connectivity index (χ0) is 22.8. The summed E-state index contributed by atoms with van der Waals surface area (Å²) in [7, 11) is 0. The lowest BCUT2D eigenvalue weighted by Gasteiger charge is -2.18. The first-order valence-electron chi connectivity index (χ1n) is 10.3. The summed E-state index contributed by atoms with van der Waals surface area (Å²) in [5.74, 6) is 1.04. The fraction of sp³-hybridized carbons (Fsp3) is 0.455. The predicted octanol–water partition coefficient (Wildman–Crippen LogP) is 2.99. The minimum Gasteiger partial charge on any atom is -0.492 e. The van der Waals surface area contributed by atoms with Gasteiger partial charge in [-0.1, -0.05) is 26.0 Å². The van der Waals surface area contributed by atoms with E-state index in [0.29, 0.717) is 11.6 Å². The topological polar surface area (TPSA) is 117 Å². The van der Waals surface area contributed by atoms with Crippen LogP contribution in [0.4, 0.5) is 11.8 Å². The Morgan fingerprint density at radius 2 is 2.10 bits per heavy atom. The van der Waals surface area contributed by atoms with Crippen molar-refractivity contribution in [3.05, 3.63) is 35.4 Å². The van der Waals surface area contributed by atoms with Gasteiger partial charge in [0, 0.05) is 13.0 Å². The molecule has 31 heavy (non-hydrogen) atoms. The molecule has 2 rings (SSSR count). The molecule has 0 fully saturated rings. The number of nitriles is 1. The molecule has 166 valence electrons. The Morgan fingerprint density at radius 3 is 2.74 bits per heavy atom. The lowest BCUT2D eigenvalue weighted by atomic mass is 10.0. The Hall–Kier alpha value is -2.83. The fourth-order valence-corrected chi connectivity index (χ4v) is 3.56. The second-order valence-electron chi connectivity index (χ2n) is 6.96. The van der Waals surface area contributed by atoms with Crippen LogP contribution < -0.4 is 15.8 Å². The van der Waals surface area contributed by atoms with Gasteiger partial charge < -0.3 is 20.7 Å². The second kappa shape index (κ2) is 12.1. The van der Waals surface area contributed by atoms with E-state index < -0.39 is 6.04 Å². The third-order valence-electron chi connectivity index (χ3n) is 4.88. The number of anilines is 2. The van der Waals surface area contributed by atoms with Crippen molar-refractivity contribution in [2.75, 3.05) is 43.5 Å². The van der Waals surface area contributed by atoms with Crippen LogP contribution in [0.2, 0.25) is 0 Å². The van der Waals surface area contributed by atoms with Crippen molar-refractivity contribution < 1.29 is 9.53 Å². The summed E-state index contributed by atoms with van der Waals surface area (Å²) in [5, 5.41) is 12.9. The van der Waals surface area contributed by atoms with E-state index in [4.69, 9.17) is 10.5 Å². The number of hydrogen-bond acceptors (Lipinski definition) is 9. The smallest absolute Gasteiger partial charge is 0.223 e. The largest absolute Gasteiger partial charge is 0.492 e. The number of thioether (sulfide) groups is 1. The van der Waals surface area contributed by atoms with Crippen molar-refractivity contribution in [1.29, 1.82) is 5.26 Å².